The highest BCUT2D eigenvalue weighted by Crippen LogP contribution is 2.27. The van der Waals surface area contributed by atoms with Crippen LogP contribution in [0.15, 0.2) is 58.2 Å². The predicted molar refractivity (Wildman–Crippen MR) is 124 cm³/mol. The summed E-state index contributed by atoms with van der Waals surface area (Å²) >= 11 is 4.70. The number of benzene rings is 2. The Balaban J connectivity index is 1.71. The summed E-state index contributed by atoms with van der Waals surface area (Å²) in [7, 11) is 0. The fourth-order valence-electron chi connectivity index (χ4n) is 2.92. The normalized spacial score (nSPS) is 12.1. The lowest BCUT2D eigenvalue weighted by Crippen LogP contribution is -2.17. The molecule has 0 radical (unpaired) electrons. The second kappa shape index (κ2) is 10.8. The lowest BCUT2D eigenvalue weighted by atomic mass is 10.2. The van der Waals surface area contributed by atoms with Crippen LogP contribution in [0.4, 0.5) is 10.1 Å². The van der Waals surface area contributed by atoms with Crippen molar-refractivity contribution in [1.82, 2.24) is 14.8 Å². The minimum atomic E-state index is -0.506. The van der Waals surface area contributed by atoms with Crippen molar-refractivity contribution in [1.29, 1.82) is 0 Å². The van der Waals surface area contributed by atoms with Gasteiger partial charge >= 0.3 is 0 Å². The number of hydrogen-bond donors (Lipinski definition) is 1. The quantitative estimate of drug-likeness (QED) is 0.376. The summed E-state index contributed by atoms with van der Waals surface area (Å²) in [4.78, 5) is 12.4. The predicted octanol–water partition coefficient (Wildman–Crippen LogP) is 5.71. The lowest BCUT2D eigenvalue weighted by Gasteiger charge is -2.18. The molecule has 0 saturated heterocycles. The second-order valence-electron chi connectivity index (χ2n) is 7.38. The number of carbonyl (C=O) groups excluding carboxylic acids is 1. The van der Waals surface area contributed by atoms with Crippen LogP contribution < -0.4 is 10.1 Å². The minimum Gasteiger partial charge on any atom is -0.480 e. The van der Waals surface area contributed by atoms with Gasteiger partial charge < -0.3 is 14.6 Å². The van der Waals surface area contributed by atoms with E-state index >= 15 is 0 Å². The topological polar surface area (TPSA) is 69.0 Å². The molecule has 1 N–H and O–H groups in total. The van der Waals surface area contributed by atoms with Crippen molar-refractivity contribution in [2.75, 3.05) is 11.1 Å². The van der Waals surface area contributed by atoms with Crippen molar-refractivity contribution in [3.63, 3.8) is 0 Å². The highest BCUT2D eigenvalue weighted by Gasteiger charge is 2.22. The van der Waals surface area contributed by atoms with E-state index in [0.29, 0.717) is 23.4 Å². The van der Waals surface area contributed by atoms with E-state index in [1.807, 2.05) is 35.8 Å². The van der Waals surface area contributed by atoms with Crippen LogP contribution in [-0.2, 0) is 11.3 Å². The zero-order valence-electron chi connectivity index (χ0n) is 17.5. The maximum absolute atomic E-state index is 14.0. The maximum atomic E-state index is 14.0. The zero-order chi connectivity index (χ0) is 22.4. The molecule has 3 rings (SSSR count). The van der Waals surface area contributed by atoms with Crippen LogP contribution in [0.2, 0.25) is 0 Å². The van der Waals surface area contributed by atoms with Crippen LogP contribution in [0.1, 0.15) is 32.7 Å². The molecule has 1 amide bonds. The summed E-state index contributed by atoms with van der Waals surface area (Å²) in [5, 5.41) is 12.0. The summed E-state index contributed by atoms with van der Waals surface area (Å²) in [5.74, 6) is 0.696. The van der Waals surface area contributed by atoms with E-state index in [1.165, 1.54) is 17.8 Å². The van der Waals surface area contributed by atoms with Crippen LogP contribution in [0.5, 0.6) is 5.75 Å². The highest BCUT2D eigenvalue weighted by atomic mass is 79.9. The average molecular weight is 507 g/mol. The molecule has 0 aliphatic carbocycles. The summed E-state index contributed by atoms with van der Waals surface area (Å²) in [6.07, 6.45) is -0.506. The van der Waals surface area contributed by atoms with E-state index in [0.717, 1.165) is 10.2 Å². The third-order valence-corrected chi connectivity index (χ3v) is 5.70. The molecule has 0 aliphatic heterocycles. The fraction of sp³-hybridized carbons (Fsp3) is 0.318. The highest BCUT2D eigenvalue weighted by molar-refractivity contribution is 9.10. The van der Waals surface area contributed by atoms with Gasteiger partial charge in [-0.3, -0.25) is 4.79 Å². The molecule has 164 valence electrons. The number of thioether (sulfide) groups is 1. The summed E-state index contributed by atoms with van der Waals surface area (Å²) in [5.41, 5.74) is 0.719. The van der Waals surface area contributed by atoms with Gasteiger partial charge in [0.2, 0.25) is 5.91 Å². The number of aromatic nitrogens is 3. The van der Waals surface area contributed by atoms with Crippen LogP contribution in [0, 0.1) is 11.7 Å². The molecule has 0 aliphatic rings. The van der Waals surface area contributed by atoms with E-state index < -0.39 is 11.9 Å². The van der Waals surface area contributed by atoms with E-state index in [2.05, 4.69) is 45.3 Å². The number of halogens is 2. The van der Waals surface area contributed by atoms with E-state index in [1.54, 1.807) is 18.2 Å². The molecule has 3 aromatic rings. The largest absolute Gasteiger partial charge is 0.480 e. The Morgan fingerprint density at radius 2 is 1.97 bits per heavy atom. The summed E-state index contributed by atoms with van der Waals surface area (Å²) in [6.45, 7) is 6.63. The van der Waals surface area contributed by atoms with Gasteiger partial charge in [0.05, 0.1) is 5.75 Å². The number of nitrogens with zero attached hydrogens (tertiary/aromatic N) is 3. The van der Waals surface area contributed by atoms with E-state index in [9.17, 15) is 9.18 Å². The van der Waals surface area contributed by atoms with Gasteiger partial charge in [0.15, 0.2) is 28.7 Å². The van der Waals surface area contributed by atoms with Crippen LogP contribution in [0.25, 0.3) is 0 Å². The van der Waals surface area contributed by atoms with Gasteiger partial charge in [-0.05, 0) is 43.2 Å². The average Bonchev–Trinajstić information content (AvgIpc) is 3.10. The van der Waals surface area contributed by atoms with Crippen LogP contribution in [-0.4, -0.2) is 26.4 Å². The van der Waals surface area contributed by atoms with Crippen molar-refractivity contribution in [2.45, 2.75) is 38.6 Å². The third-order valence-electron chi connectivity index (χ3n) is 4.24. The van der Waals surface area contributed by atoms with E-state index in [4.69, 9.17) is 4.74 Å². The molecular weight excluding hydrogens is 483 g/mol. The smallest absolute Gasteiger partial charge is 0.234 e. The molecule has 0 fully saturated rings. The number of hydrogen-bond acceptors (Lipinski definition) is 5. The number of amides is 1. The van der Waals surface area contributed by atoms with Gasteiger partial charge in [-0.15, -0.1) is 10.2 Å². The SMILES string of the molecule is CC(C)Cn1c(SCC(=O)Nc2cccc(Br)c2)nnc1C(C)Oc1ccccc1F. The number of nitrogens with one attached hydrogen (secondary N) is 1. The van der Waals surface area contributed by atoms with Gasteiger partial charge in [-0.1, -0.05) is 59.7 Å². The fourth-order valence-corrected chi connectivity index (χ4v) is 4.08. The monoisotopic (exact) mass is 506 g/mol. The Morgan fingerprint density at radius 3 is 2.68 bits per heavy atom. The van der Waals surface area contributed by atoms with Crippen molar-refractivity contribution in [2.24, 2.45) is 5.92 Å². The number of rotatable bonds is 9. The molecule has 0 bridgehead atoms. The Kier molecular flexibility index (Phi) is 8.09. The van der Waals surface area contributed by atoms with Gasteiger partial charge in [0.1, 0.15) is 0 Å². The van der Waals surface area contributed by atoms with Crippen molar-refractivity contribution < 1.29 is 13.9 Å². The Bertz CT molecular complexity index is 1040. The van der Waals surface area contributed by atoms with Crippen LogP contribution in [0.3, 0.4) is 0 Å². The molecule has 1 heterocycles. The molecule has 0 saturated carbocycles. The molecule has 2 aromatic carbocycles. The molecule has 9 heteroatoms. The Morgan fingerprint density at radius 1 is 1.19 bits per heavy atom. The molecule has 6 nitrogen and oxygen atoms in total. The third kappa shape index (κ3) is 6.54. The van der Waals surface area contributed by atoms with Crippen molar-refractivity contribution in [3.05, 3.63) is 64.6 Å². The van der Waals surface area contributed by atoms with Gasteiger partial charge in [0, 0.05) is 16.7 Å². The lowest BCUT2D eigenvalue weighted by molar-refractivity contribution is -0.113. The summed E-state index contributed by atoms with van der Waals surface area (Å²) < 4.78 is 22.6. The second-order valence-corrected chi connectivity index (χ2v) is 9.24. The Hall–Kier alpha value is -2.39. The molecule has 1 atom stereocenters. The first kappa shape index (κ1) is 23.3. The first-order chi connectivity index (χ1) is 14.8. The first-order valence-electron chi connectivity index (χ1n) is 9.86. The standard InChI is InChI=1S/C22H24BrFN4O2S/c1-14(2)12-28-21(15(3)30-19-10-5-4-9-18(19)24)26-27-22(28)31-13-20(29)25-17-8-6-7-16(23)11-17/h4-11,14-15H,12-13H2,1-3H3,(H,25,29). The number of ether oxygens (including phenoxy) is 1. The molecule has 0 spiro atoms. The summed E-state index contributed by atoms with van der Waals surface area (Å²) in [6, 6.07) is 13.7. The van der Waals surface area contributed by atoms with Gasteiger partial charge in [-0.25, -0.2) is 4.39 Å². The van der Waals surface area contributed by atoms with Crippen molar-refractivity contribution in [3.8, 4) is 5.75 Å². The van der Waals surface area contributed by atoms with Crippen molar-refractivity contribution >= 4 is 39.3 Å². The van der Waals surface area contributed by atoms with Gasteiger partial charge in [0.25, 0.3) is 0 Å². The minimum absolute atomic E-state index is 0.139. The van der Waals surface area contributed by atoms with Gasteiger partial charge in [-0.2, -0.15) is 0 Å². The number of anilines is 1. The first-order valence-corrected chi connectivity index (χ1v) is 11.6. The molecular formula is C22H24BrFN4O2S. The molecule has 1 unspecified atom stereocenters. The van der Waals surface area contributed by atoms with E-state index in [-0.39, 0.29) is 17.4 Å². The Labute approximate surface area is 193 Å². The maximum Gasteiger partial charge on any atom is 0.234 e. The zero-order valence-corrected chi connectivity index (χ0v) is 19.9. The molecule has 1 aromatic heterocycles. The number of carbonyl (C=O) groups is 1. The van der Waals surface area contributed by atoms with Crippen LogP contribution >= 0.6 is 27.7 Å². The molecule has 31 heavy (non-hydrogen) atoms. The number of para-hydroxylation sites is 1.